The van der Waals surface area contributed by atoms with Gasteiger partial charge < -0.3 is 0 Å². The number of hydrogen-bond donors (Lipinski definition) is 0. The van der Waals surface area contributed by atoms with Crippen LogP contribution in [0.25, 0.3) is 0 Å². The van der Waals surface area contributed by atoms with Crippen LogP contribution in [0.1, 0.15) is 6.42 Å². The molecule has 0 fully saturated rings. The van der Waals surface area contributed by atoms with Gasteiger partial charge in [0.2, 0.25) is 0 Å². The Kier molecular flexibility index (Phi) is 5.56. The second-order valence-electron chi connectivity index (χ2n) is 5.14. The molecule has 0 heterocycles. The molecule has 0 amide bonds. The smallest absolute Gasteiger partial charge is 0.115 e. The Hall–Kier alpha value is -0.473. The third-order valence-corrected chi connectivity index (χ3v) is 9.11. The minimum absolute atomic E-state index is 0.698. The molecule has 0 nitrogen and oxygen atoms in total. The molecule has 2 aromatic carbocycles. The molecule has 106 valence electrons. The fourth-order valence-electron chi connectivity index (χ4n) is 2.51. The fourth-order valence-corrected chi connectivity index (χ4v) is 6.72. The molecule has 0 atom stereocenters. The lowest BCUT2D eigenvalue weighted by atomic mass is 10.3. The molecular weight excluding hydrogens is 327 g/mol. The summed E-state index contributed by atoms with van der Waals surface area (Å²) in [6.45, 7) is 2.38. The van der Waals surface area contributed by atoms with Gasteiger partial charge in [-0.15, -0.1) is 11.6 Å². The summed E-state index contributed by atoms with van der Waals surface area (Å²) in [5.41, 5.74) is 0. The van der Waals surface area contributed by atoms with Crippen LogP contribution in [0, 0.1) is 0 Å². The van der Waals surface area contributed by atoms with Crippen LogP contribution in [0.4, 0.5) is 0 Å². The lowest BCUT2D eigenvalue weighted by Crippen LogP contribution is -2.55. The van der Waals surface area contributed by atoms with E-state index in [2.05, 4.69) is 30.8 Å². The van der Waals surface area contributed by atoms with Crippen LogP contribution in [0.2, 0.25) is 22.6 Å². The predicted octanol–water partition coefficient (Wildman–Crippen LogP) is 4.82. The minimum atomic E-state index is -1.77. The van der Waals surface area contributed by atoms with Crippen molar-refractivity contribution in [3.05, 3.63) is 58.6 Å². The van der Waals surface area contributed by atoms with Gasteiger partial charge in [0, 0.05) is 15.9 Å². The molecule has 0 saturated carbocycles. The highest BCUT2D eigenvalue weighted by atomic mass is 35.5. The van der Waals surface area contributed by atoms with Crippen LogP contribution >= 0.6 is 34.8 Å². The molecule has 0 spiro atoms. The lowest BCUT2D eigenvalue weighted by Gasteiger charge is -2.28. The summed E-state index contributed by atoms with van der Waals surface area (Å²) in [4.78, 5) is 0. The second kappa shape index (κ2) is 6.99. The topological polar surface area (TPSA) is 0 Å². The number of halogens is 3. The SMILES string of the molecule is C[Si](CCCCl)(c1ccc(Cl)cc1)c1ccc(Cl)cc1. The van der Waals surface area contributed by atoms with Gasteiger partial charge in [-0.25, -0.2) is 0 Å². The average molecular weight is 344 g/mol. The first kappa shape index (κ1) is 15.9. The first-order chi connectivity index (χ1) is 9.56. The Labute approximate surface area is 136 Å². The summed E-state index contributed by atoms with van der Waals surface area (Å²) in [6.07, 6.45) is 1.02. The zero-order valence-electron chi connectivity index (χ0n) is 11.4. The molecule has 2 rings (SSSR count). The van der Waals surface area contributed by atoms with Crippen LogP contribution < -0.4 is 10.4 Å². The van der Waals surface area contributed by atoms with Crippen molar-refractivity contribution in [2.45, 2.75) is 19.0 Å². The predicted molar refractivity (Wildman–Crippen MR) is 93.9 cm³/mol. The van der Waals surface area contributed by atoms with Gasteiger partial charge in [-0.1, -0.05) is 64.4 Å². The quantitative estimate of drug-likeness (QED) is 0.539. The van der Waals surface area contributed by atoms with Gasteiger partial charge in [0.1, 0.15) is 8.07 Å². The number of hydrogen-bond acceptors (Lipinski definition) is 0. The van der Waals surface area contributed by atoms with E-state index in [0.29, 0.717) is 5.88 Å². The van der Waals surface area contributed by atoms with Crippen LogP contribution in [-0.4, -0.2) is 14.0 Å². The molecule has 0 saturated heterocycles. The summed E-state index contributed by atoms with van der Waals surface area (Å²) < 4.78 is 0. The Balaban J connectivity index is 2.43. The van der Waals surface area contributed by atoms with Gasteiger partial charge in [-0.3, -0.25) is 0 Å². The number of benzene rings is 2. The zero-order chi connectivity index (χ0) is 14.6. The maximum atomic E-state index is 6.01. The molecule has 0 aliphatic rings. The van der Waals surface area contributed by atoms with E-state index < -0.39 is 8.07 Å². The first-order valence-electron chi connectivity index (χ1n) is 6.64. The minimum Gasteiger partial charge on any atom is -0.127 e. The van der Waals surface area contributed by atoms with Crippen molar-refractivity contribution in [2.24, 2.45) is 0 Å². The highest BCUT2D eigenvalue weighted by Gasteiger charge is 2.31. The molecule has 0 aromatic heterocycles. The molecule has 0 aliphatic carbocycles. The van der Waals surface area contributed by atoms with Gasteiger partial charge in [-0.2, -0.15) is 0 Å². The Morgan fingerprint density at radius 3 is 1.55 bits per heavy atom. The van der Waals surface area contributed by atoms with Crippen molar-refractivity contribution in [3.8, 4) is 0 Å². The summed E-state index contributed by atoms with van der Waals surface area (Å²) in [6, 6.07) is 17.6. The summed E-state index contributed by atoms with van der Waals surface area (Å²) in [5.74, 6) is 0.698. The Bertz CT molecular complexity index is 503. The van der Waals surface area contributed by atoms with Gasteiger partial charge >= 0.3 is 0 Å². The van der Waals surface area contributed by atoms with E-state index in [1.165, 1.54) is 10.4 Å². The monoisotopic (exact) mass is 342 g/mol. The lowest BCUT2D eigenvalue weighted by molar-refractivity contribution is 1.07. The summed E-state index contributed by atoms with van der Waals surface area (Å²) in [5, 5.41) is 4.32. The van der Waals surface area contributed by atoms with E-state index in [9.17, 15) is 0 Å². The van der Waals surface area contributed by atoms with Crippen molar-refractivity contribution in [1.82, 2.24) is 0 Å². The van der Waals surface area contributed by atoms with Crippen LogP contribution in [0.15, 0.2) is 48.5 Å². The molecular formula is C16H17Cl3Si. The van der Waals surface area contributed by atoms with Crippen molar-refractivity contribution in [2.75, 3.05) is 5.88 Å². The molecule has 0 radical (unpaired) electrons. The number of alkyl halides is 1. The normalized spacial score (nSPS) is 11.6. The molecule has 0 unspecified atom stereocenters. The number of rotatable bonds is 5. The van der Waals surface area contributed by atoms with E-state index in [-0.39, 0.29) is 0 Å². The summed E-state index contributed by atoms with van der Waals surface area (Å²) >= 11 is 17.9. The molecule has 0 aliphatic heterocycles. The van der Waals surface area contributed by atoms with Crippen molar-refractivity contribution in [1.29, 1.82) is 0 Å². The standard InChI is InChI=1S/C16H17Cl3Si/c1-20(12-2-11-17,15-7-3-13(18)4-8-15)16-9-5-14(19)6-10-16/h3-10H,2,11-12H2,1H3. The maximum absolute atomic E-state index is 6.01. The van der Waals surface area contributed by atoms with Crippen molar-refractivity contribution in [3.63, 3.8) is 0 Å². The highest BCUT2D eigenvalue weighted by molar-refractivity contribution is 7.01. The third-order valence-electron chi connectivity index (χ3n) is 3.77. The zero-order valence-corrected chi connectivity index (χ0v) is 14.6. The Morgan fingerprint density at radius 1 is 0.800 bits per heavy atom. The van der Waals surface area contributed by atoms with Crippen LogP contribution in [0.5, 0.6) is 0 Å². The molecule has 20 heavy (non-hydrogen) atoms. The van der Waals surface area contributed by atoms with E-state index in [1.54, 1.807) is 0 Å². The van der Waals surface area contributed by atoms with Crippen LogP contribution in [0.3, 0.4) is 0 Å². The molecule has 2 aromatic rings. The molecule has 0 bridgehead atoms. The Morgan fingerprint density at radius 2 is 1.20 bits per heavy atom. The molecule has 4 heteroatoms. The van der Waals surface area contributed by atoms with E-state index >= 15 is 0 Å². The van der Waals surface area contributed by atoms with Gasteiger partial charge in [0.05, 0.1) is 0 Å². The van der Waals surface area contributed by atoms with E-state index in [0.717, 1.165) is 22.5 Å². The fraction of sp³-hybridized carbons (Fsp3) is 0.250. The maximum Gasteiger partial charge on any atom is 0.115 e. The average Bonchev–Trinajstić information content (AvgIpc) is 2.46. The van der Waals surface area contributed by atoms with Gasteiger partial charge in [-0.05, 0) is 36.7 Å². The third kappa shape index (κ3) is 3.59. The van der Waals surface area contributed by atoms with Crippen LogP contribution in [-0.2, 0) is 0 Å². The summed E-state index contributed by atoms with van der Waals surface area (Å²) in [7, 11) is -1.77. The van der Waals surface area contributed by atoms with Crippen molar-refractivity contribution < 1.29 is 0 Å². The van der Waals surface area contributed by atoms with Crippen molar-refractivity contribution >= 4 is 53.3 Å². The second-order valence-corrected chi connectivity index (χ2v) is 10.7. The van der Waals surface area contributed by atoms with Gasteiger partial charge in [0.15, 0.2) is 0 Å². The first-order valence-corrected chi connectivity index (χ1v) is 10.6. The van der Waals surface area contributed by atoms with Gasteiger partial charge in [0.25, 0.3) is 0 Å². The molecule has 0 N–H and O–H groups in total. The largest absolute Gasteiger partial charge is 0.127 e. The van der Waals surface area contributed by atoms with E-state index in [1.807, 2.05) is 24.3 Å². The van der Waals surface area contributed by atoms with E-state index in [4.69, 9.17) is 34.8 Å². The highest BCUT2D eigenvalue weighted by Crippen LogP contribution is 2.17.